The number of aryl methyl sites for hydroxylation is 1. The third-order valence-electron chi connectivity index (χ3n) is 3.44. The van der Waals surface area contributed by atoms with Gasteiger partial charge in [0.25, 0.3) is 0 Å². The minimum absolute atomic E-state index is 0.617. The lowest BCUT2D eigenvalue weighted by Crippen LogP contribution is -2.34. The van der Waals surface area contributed by atoms with E-state index in [1.54, 1.807) is 0 Å². The summed E-state index contributed by atoms with van der Waals surface area (Å²) < 4.78 is 5.47. The largest absolute Gasteiger partial charge is 0.494 e. The summed E-state index contributed by atoms with van der Waals surface area (Å²) in [6.45, 7) is 10.7. The van der Waals surface area contributed by atoms with Crippen molar-refractivity contribution in [2.75, 3.05) is 13.2 Å². The van der Waals surface area contributed by atoms with Crippen molar-refractivity contribution in [3.63, 3.8) is 0 Å². The molecular weight excluding hydrogens is 234 g/mol. The van der Waals surface area contributed by atoms with Gasteiger partial charge >= 0.3 is 0 Å². The van der Waals surface area contributed by atoms with E-state index < -0.39 is 0 Å². The molecule has 0 saturated heterocycles. The van der Waals surface area contributed by atoms with Crippen molar-refractivity contribution in [1.29, 1.82) is 0 Å². The van der Waals surface area contributed by atoms with Crippen molar-refractivity contribution in [2.45, 2.75) is 53.0 Å². The number of benzene rings is 1. The first-order chi connectivity index (χ1) is 9.17. The molecule has 0 fully saturated rings. The van der Waals surface area contributed by atoms with Crippen molar-refractivity contribution < 1.29 is 4.74 Å². The second-order valence-electron chi connectivity index (χ2n) is 5.42. The first kappa shape index (κ1) is 16.0. The molecule has 0 spiro atoms. The normalized spacial score (nSPS) is 12.7. The monoisotopic (exact) mass is 263 g/mol. The first-order valence-corrected chi connectivity index (χ1v) is 7.62. The molecule has 0 aliphatic heterocycles. The molecule has 19 heavy (non-hydrogen) atoms. The average Bonchev–Trinajstić information content (AvgIpc) is 2.40. The van der Waals surface area contributed by atoms with Crippen molar-refractivity contribution >= 4 is 0 Å². The van der Waals surface area contributed by atoms with Gasteiger partial charge in [-0.2, -0.15) is 0 Å². The SMILES string of the molecule is CCCNC(CCc1ccc(OCC)cc1)C(C)C. The third-order valence-corrected chi connectivity index (χ3v) is 3.44. The Hall–Kier alpha value is -1.02. The molecule has 0 saturated carbocycles. The molecule has 0 aromatic heterocycles. The Kier molecular flexibility index (Phi) is 7.57. The number of hydrogen-bond donors (Lipinski definition) is 1. The quantitative estimate of drug-likeness (QED) is 0.726. The highest BCUT2D eigenvalue weighted by molar-refractivity contribution is 5.27. The van der Waals surface area contributed by atoms with Crippen LogP contribution < -0.4 is 10.1 Å². The van der Waals surface area contributed by atoms with Gasteiger partial charge in [-0.25, -0.2) is 0 Å². The van der Waals surface area contributed by atoms with E-state index in [0.29, 0.717) is 12.0 Å². The van der Waals surface area contributed by atoms with Crippen LogP contribution in [0.3, 0.4) is 0 Å². The summed E-state index contributed by atoms with van der Waals surface area (Å²) >= 11 is 0. The molecule has 0 aliphatic carbocycles. The minimum Gasteiger partial charge on any atom is -0.494 e. The average molecular weight is 263 g/mol. The van der Waals surface area contributed by atoms with Crippen LogP contribution in [-0.4, -0.2) is 19.2 Å². The van der Waals surface area contributed by atoms with Crippen LogP contribution in [0, 0.1) is 5.92 Å². The molecule has 1 N–H and O–H groups in total. The summed E-state index contributed by atoms with van der Waals surface area (Å²) in [5, 5.41) is 3.65. The van der Waals surface area contributed by atoms with E-state index in [9.17, 15) is 0 Å². The predicted octanol–water partition coefficient (Wildman–Crippen LogP) is 4.04. The second kappa shape index (κ2) is 8.98. The van der Waals surface area contributed by atoms with Crippen LogP contribution in [0.1, 0.15) is 46.1 Å². The van der Waals surface area contributed by atoms with Crippen LogP contribution in [0.15, 0.2) is 24.3 Å². The number of rotatable bonds is 9. The topological polar surface area (TPSA) is 21.3 Å². The number of hydrogen-bond acceptors (Lipinski definition) is 2. The number of ether oxygens (including phenoxy) is 1. The maximum atomic E-state index is 5.47. The van der Waals surface area contributed by atoms with E-state index in [1.807, 2.05) is 6.92 Å². The Balaban J connectivity index is 2.44. The lowest BCUT2D eigenvalue weighted by molar-refractivity contribution is 0.340. The summed E-state index contributed by atoms with van der Waals surface area (Å²) in [5.41, 5.74) is 1.40. The molecule has 0 aliphatic rings. The Morgan fingerprint density at radius 1 is 1.11 bits per heavy atom. The van der Waals surface area contributed by atoms with E-state index in [2.05, 4.69) is 50.4 Å². The molecule has 2 heteroatoms. The van der Waals surface area contributed by atoms with Crippen LogP contribution in [-0.2, 0) is 6.42 Å². The smallest absolute Gasteiger partial charge is 0.119 e. The van der Waals surface area contributed by atoms with Crippen molar-refractivity contribution in [2.24, 2.45) is 5.92 Å². The van der Waals surface area contributed by atoms with Gasteiger partial charge in [0.1, 0.15) is 5.75 Å². The molecule has 1 aromatic carbocycles. The van der Waals surface area contributed by atoms with Gasteiger partial charge in [-0.15, -0.1) is 0 Å². The van der Waals surface area contributed by atoms with Crippen molar-refractivity contribution in [3.8, 4) is 5.75 Å². The third kappa shape index (κ3) is 6.11. The first-order valence-electron chi connectivity index (χ1n) is 7.62. The van der Waals surface area contributed by atoms with Gasteiger partial charge in [0.05, 0.1) is 6.61 Å². The molecule has 1 atom stereocenters. The molecule has 0 bridgehead atoms. The highest BCUT2D eigenvalue weighted by Gasteiger charge is 2.11. The summed E-state index contributed by atoms with van der Waals surface area (Å²) in [5.74, 6) is 1.66. The van der Waals surface area contributed by atoms with Gasteiger partial charge in [0.2, 0.25) is 0 Å². The molecule has 1 rings (SSSR count). The molecular formula is C17H29NO. The molecule has 0 heterocycles. The highest BCUT2D eigenvalue weighted by Crippen LogP contribution is 2.15. The summed E-state index contributed by atoms with van der Waals surface area (Å²) in [7, 11) is 0. The second-order valence-corrected chi connectivity index (χ2v) is 5.42. The van der Waals surface area contributed by atoms with Crippen LogP contribution in [0.2, 0.25) is 0 Å². The molecule has 1 aromatic rings. The fourth-order valence-corrected chi connectivity index (χ4v) is 2.24. The fourth-order valence-electron chi connectivity index (χ4n) is 2.24. The van der Waals surface area contributed by atoms with Gasteiger partial charge in [0, 0.05) is 6.04 Å². The van der Waals surface area contributed by atoms with Crippen LogP contribution in [0.25, 0.3) is 0 Å². The molecule has 1 unspecified atom stereocenters. The lowest BCUT2D eigenvalue weighted by Gasteiger charge is -2.22. The van der Waals surface area contributed by atoms with E-state index in [-0.39, 0.29) is 0 Å². The van der Waals surface area contributed by atoms with Crippen molar-refractivity contribution in [1.82, 2.24) is 5.32 Å². The van der Waals surface area contributed by atoms with Gasteiger partial charge in [-0.05, 0) is 56.3 Å². The van der Waals surface area contributed by atoms with Gasteiger partial charge in [0.15, 0.2) is 0 Å². The zero-order valence-corrected chi connectivity index (χ0v) is 12.9. The lowest BCUT2D eigenvalue weighted by atomic mass is 9.96. The Labute approximate surface area is 118 Å². The number of nitrogens with one attached hydrogen (secondary N) is 1. The Morgan fingerprint density at radius 2 is 1.79 bits per heavy atom. The Bertz CT molecular complexity index is 332. The maximum absolute atomic E-state index is 5.47. The molecule has 0 radical (unpaired) electrons. The zero-order valence-electron chi connectivity index (χ0n) is 12.9. The van der Waals surface area contributed by atoms with Gasteiger partial charge < -0.3 is 10.1 Å². The minimum atomic E-state index is 0.617. The predicted molar refractivity (Wildman–Crippen MR) is 82.9 cm³/mol. The van der Waals surface area contributed by atoms with E-state index in [4.69, 9.17) is 4.74 Å². The summed E-state index contributed by atoms with van der Waals surface area (Å²) in [6.07, 6.45) is 3.53. The van der Waals surface area contributed by atoms with Crippen LogP contribution >= 0.6 is 0 Å². The Morgan fingerprint density at radius 3 is 2.32 bits per heavy atom. The van der Waals surface area contributed by atoms with E-state index >= 15 is 0 Å². The fraction of sp³-hybridized carbons (Fsp3) is 0.647. The maximum Gasteiger partial charge on any atom is 0.119 e. The standard InChI is InChI=1S/C17H29NO/c1-5-13-18-17(14(3)4)12-9-15-7-10-16(11-8-15)19-6-2/h7-8,10-11,14,17-18H,5-6,9,12-13H2,1-4H3. The molecule has 2 nitrogen and oxygen atoms in total. The molecule has 0 amide bonds. The van der Waals surface area contributed by atoms with Crippen LogP contribution in [0.5, 0.6) is 5.75 Å². The van der Waals surface area contributed by atoms with E-state index in [0.717, 1.165) is 25.3 Å². The van der Waals surface area contributed by atoms with Crippen molar-refractivity contribution in [3.05, 3.63) is 29.8 Å². The highest BCUT2D eigenvalue weighted by atomic mass is 16.5. The van der Waals surface area contributed by atoms with Crippen LogP contribution in [0.4, 0.5) is 0 Å². The molecule has 108 valence electrons. The summed E-state index contributed by atoms with van der Waals surface area (Å²) in [4.78, 5) is 0. The summed E-state index contributed by atoms with van der Waals surface area (Å²) in [6, 6.07) is 9.13. The zero-order chi connectivity index (χ0) is 14.1. The van der Waals surface area contributed by atoms with E-state index in [1.165, 1.54) is 18.4 Å². The van der Waals surface area contributed by atoms with Gasteiger partial charge in [-0.1, -0.05) is 32.9 Å². The van der Waals surface area contributed by atoms with Gasteiger partial charge in [-0.3, -0.25) is 0 Å².